The Labute approximate surface area is 136 Å². The predicted octanol–water partition coefficient (Wildman–Crippen LogP) is 4.14. The highest BCUT2D eigenvalue weighted by Gasteiger charge is 2.43. The fourth-order valence-corrected chi connectivity index (χ4v) is 2.07. The normalized spacial score (nSPS) is 11.5. The summed E-state index contributed by atoms with van der Waals surface area (Å²) in [6.07, 6.45) is -4.28. The van der Waals surface area contributed by atoms with E-state index in [0.29, 0.717) is 11.1 Å². The lowest BCUT2D eigenvalue weighted by atomic mass is 10.1. The molecule has 0 spiro atoms. The SMILES string of the molecule is CCCNc1c(C#N)cnn1-c1c(F)c(F)c(C(F)(F)F)c(F)c1F. The molecule has 1 N–H and O–H groups in total. The molecule has 0 aliphatic carbocycles. The minimum absolute atomic E-state index is 0.204. The third-order valence-corrected chi connectivity index (χ3v) is 3.17. The first kappa shape index (κ1) is 18.6. The van der Waals surface area contributed by atoms with Gasteiger partial charge in [0.25, 0.3) is 0 Å². The molecule has 0 aliphatic rings. The van der Waals surface area contributed by atoms with Crippen molar-refractivity contribution >= 4 is 5.82 Å². The molecule has 1 heterocycles. The van der Waals surface area contributed by atoms with Gasteiger partial charge in [0.05, 0.1) is 6.20 Å². The molecular formula is C14H9F7N4. The third kappa shape index (κ3) is 3.11. The number of nitrogens with zero attached hydrogens (tertiary/aromatic N) is 3. The number of halogens is 7. The van der Waals surface area contributed by atoms with E-state index in [0.717, 1.165) is 6.20 Å². The molecule has 0 unspecified atom stereocenters. The molecule has 2 rings (SSSR count). The molecule has 4 nitrogen and oxygen atoms in total. The van der Waals surface area contributed by atoms with Crippen LogP contribution in [0.15, 0.2) is 6.20 Å². The van der Waals surface area contributed by atoms with Crippen LogP contribution in [0.1, 0.15) is 24.5 Å². The molecule has 2 aromatic rings. The lowest BCUT2D eigenvalue weighted by Crippen LogP contribution is -2.19. The summed E-state index contributed by atoms with van der Waals surface area (Å²) < 4.78 is 93.8. The van der Waals surface area contributed by atoms with Crippen LogP contribution in [-0.2, 0) is 6.18 Å². The topological polar surface area (TPSA) is 53.6 Å². The number of nitriles is 1. The highest BCUT2D eigenvalue weighted by atomic mass is 19.4. The van der Waals surface area contributed by atoms with Gasteiger partial charge in [-0.2, -0.15) is 23.5 Å². The second-order valence-corrected chi connectivity index (χ2v) is 4.83. The maximum absolute atomic E-state index is 14.1. The van der Waals surface area contributed by atoms with Crippen molar-refractivity contribution in [2.24, 2.45) is 0 Å². The Hall–Kier alpha value is -2.77. The zero-order valence-corrected chi connectivity index (χ0v) is 12.5. The van der Waals surface area contributed by atoms with Gasteiger partial charge in [-0.05, 0) is 6.42 Å². The van der Waals surface area contributed by atoms with Gasteiger partial charge in [-0.3, -0.25) is 0 Å². The van der Waals surface area contributed by atoms with E-state index in [1.165, 1.54) is 0 Å². The van der Waals surface area contributed by atoms with Crippen LogP contribution < -0.4 is 5.32 Å². The first-order chi connectivity index (χ1) is 11.6. The van der Waals surface area contributed by atoms with Crippen molar-refractivity contribution in [3.05, 3.63) is 40.6 Å². The Morgan fingerprint density at radius 2 is 1.68 bits per heavy atom. The van der Waals surface area contributed by atoms with E-state index in [2.05, 4.69) is 10.4 Å². The number of nitrogens with one attached hydrogen (secondary N) is 1. The summed E-state index contributed by atoms with van der Waals surface area (Å²) in [5, 5.41) is 15.0. The molecule has 0 amide bonds. The van der Waals surface area contributed by atoms with E-state index < -0.39 is 40.7 Å². The summed E-state index contributed by atoms with van der Waals surface area (Å²) in [7, 11) is 0. The Balaban J connectivity index is 2.79. The Morgan fingerprint density at radius 3 is 2.12 bits per heavy atom. The first-order valence-electron chi connectivity index (χ1n) is 6.80. The number of rotatable bonds is 4. The van der Waals surface area contributed by atoms with Gasteiger partial charge in [0.1, 0.15) is 28.7 Å². The lowest BCUT2D eigenvalue weighted by molar-refractivity contribution is -0.143. The Kier molecular flexibility index (Phi) is 4.92. The highest BCUT2D eigenvalue weighted by Crippen LogP contribution is 2.38. The second kappa shape index (κ2) is 6.62. The van der Waals surface area contributed by atoms with E-state index in [1.54, 1.807) is 13.0 Å². The standard InChI is InChI=1S/C14H9F7N4/c1-2-3-23-13-6(4-22)5-24-25(13)12-10(17)8(15)7(14(19,20)21)9(16)11(12)18/h5,23H,2-3H2,1H3. The Morgan fingerprint density at radius 1 is 1.12 bits per heavy atom. The van der Waals surface area contributed by atoms with Crippen LogP contribution in [0.3, 0.4) is 0 Å². The molecule has 0 saturated heterocycles. The van der Waals surface area contributed by atoms with Crippen molar-refractivity contribution in [1.82, 2.24) is 9.78 Å². The van der Waals surface area contributed by atoms with Gasteiger partial charge in [-0.15, -0.1) is 0 Å². The van der Waals surface area contributed by atoms with Crippen molar-refractivity contribution < 1.29 is 30.7 Å². The van der Waals surface area contributed by atoms with Crippen molar-refractivity contribution in [3.8, 4) is 11.8 Å². The first-order valence-corrected chi connectivity index (χ1v) is 6.80. The lowest BCUT2D eigenvalue weighted by Gasteiger charge is -2.16. The Bertz CT molecular complexity index is 819. The van der Waals surface area contributed by atoms with Crippen LogP contribution in [0.25, 0.3) is 5.69 Å². The van der Waals surface area contributed by atoms with E-state index in [9.17, 15) is 30.7 Å². The maximum Gasteiger partial charge on any atom is 0.422 e. The molecule has 0 fully saturated rings. The summed E-state index contributed by atoms with van der Waals surface area (Å²) in [5.41, 5.74) is -4.39. The van der Waals surface area contributed by atoms with E-state index >= 15 is 0 Å². The summed E-state index contributed by atoms with van der Waals surface area (Å²) in [6.45, 7) is 1.92. The fourth-order valence-electron chi connectivity index (χ4n) is 2.07. The summed E-state index contributed by atoms with van der Waals surface area (Å²) in [5.74, 6) is -10.1. The average molecular weight is 366 g/mol. The van der Waals surface area contributed by atoms with Gasteiger partial charge in [0.2, 0.25) is 0 Å². The molecule has 1 aromatic carbocycles. The fraction of sp³-hybridized carbons (Fsp3) is 0.286. The molecule has 11 heteroatoms. The number of benzene rings is 1. The van der Waals surface area contributed by atoms with Gasteiger partial charge >= 0.3 is 6.18 Å². The molecular weight excluding hydrogens is 357 g/mol. The largest absolute Gasteiger partial charge is 0.422 e. The predicted molar refractivity (Wildman–Crippen MR) is 71.9 cm³/mol. The van der Waals surface area contributed by atoms with Crippen LogP contribution in [-0.4, -0.2) is 16.3 Å². The molecule has 0 atom stereocenters. The smallest absolute Gasteiger partial charge is 0.369 e. The van der Waals surface area contributed by atoms with E-state index in [4.69, 9.17) is 5.26 Å². The zero-order chi connectivity index (χ0) is 18.9. The number of alkyl halides is 3. The molecule has 1 aromatic heterocycles. The van der Waals surface area contributed by atoms with Crippen molar-refractivity contribution in [2.45, 2.75) is 19.5 Å². The van der Waals surface area contributed by atoms with Gasteiger partial charge in [-0.25, -0.2) is 22.2 Å². The van der Waals surface area contributed by atoms with Gasteiger partial charge in [-0.1, -0.05) is 6.92 Å². The van der Waals surface area contributed by atoms with Gasteiger partial charge < -0.3 is 5.32 Å². The van der Waals surface area contributed by atoms with E-state index in [1.807, 2.05) is 0 Å². The number of hydrogen-bond acceptors (Lipinski definition) is 3. The molecule has 134 valence electrons. The van der Waals surface area contributed by atoms with Crippen molar-refractivity contribution in [3.63, 3.8) is 0 Å². The van der Waals surface area contributed by atoms with Crippen LogP contribution in [0.4, 0.5) is 36.6 Å². The minimum atomic E-state index is -5.64. The second-order valence-electron chi connectivity index (χ2n) is 4.83. The molecule has 0 bridgehead atoms. The quantitative estimate of drug-likeness (QED) is 0.654. The monoisotopic (exact) mass is 366 g/mol. The molecule has 0 radical (unpaired) electrons. The highest BCUT2D eigenvalue weighted by molar-refractivity contribution is 5.57. The number of aromatic nitrogens is 2. The van der Waals surface area contributed by atoms with Crippen LogP contribution >= 0.6 is 0 Å². The van der Waals surface area contributed by atoms with E-state index in [-0.39, 0.29) is 17.9 Å². The molecule has 0 aliphatic heterocycles. The van der Waals surface area contributed by atoms with Crippen molar-refractivity contribution in [2.75, 3.05) is 11.9 Å². The minimum Gasteiger partial charge on any atom is -0.369 e. The van der Waals surface area contributed by atoms with Crippen LogP contribution in [0.5, 0.6) is 0 Å². The summed E-state index contributed by atoms with van der Waals surface area (Å²) >= 11 is 0. The van der Waals surface area contributed by atoms with Crippen LogP contribution in [0, 0.1) is 34.6 Å². The van der Waals surface area contributed by atoms with Gasteiger partial charge in [0, 0.05) is 6.54 Å². The van der Waals surface area contributed by atoms with Gasteiger partial charge in [0.15, 0.2) is 23.3 Å². The number of anilines is 1. The summed E-state index contributed by atoms with van der Waals surface area (Å²) in [6, 6.07) is 1.64. The zero-order valence-electron chi connectivity index (χ0n) is 12.5. The van der Waals surface area contributed by atoms with Crippen LogP contribution in [0.2, 0.25) is 0 Å². The molecule has 25 heavy (non-hydrogen) atoms. The average Bonchev–Trinajstić information content (AvgIpc) is 2.92. The maximum atomic E-state index is 14.1. The number of hydrogen-bond donors (Lipinski definition) is 1. The summed E-state index contributed by atoms with van der Waals surface area (Å²) in [4.78, 5) is 0. The third-order valence-electron chi connectivity index (χ3n) is 3.17. The van der Waals surface area contributed by atoms with Crippen molar-refractivity contribution in [1.29, 1.82) is 5.26 Å². The molecule has 0 saturated carbocycles.